The van der Waals surface area contributed by atoms with E-state index in [1.54, 1.807) is 12.2 Å². The fourth-order valence-corrected chi connectivity index (χ4v) is 3.47. The highest BCUT2D eigenvalue weighted by atomic mass is 79.9. The molecule has 0 fully saturated rings. The molecule has 30 heavy (non-hydrogen) atoms. The first-order chi connectivity index (χ1) is 14.0. The van der Waals surface area contributed by atoms with Crippen LogP contribution in [0.1, 0.15) is 40.2 Å². The summed E-state index contributed by atoms with van der Waals surface area (Å²) in [4.78, 5) is 37.5. The largest absolute Gasteiger partial charge is 0.494 e. The predicted molar refractivity (Wildman–Crippen MR) is 118 cm³/mol. The Balaban J connectivity index is 2.22. The molecule has 0 bridgehead atoms. The lowest BCUT2D eigenvalue weighted by Gasteiger charge is -2.26. The molecule has 1 aromatic heterocycles. The Labute approximate surface area is 184 Å². The highest BCUT2D eigenvalue weighted by Gasteiger charge is 2.27. The van der Waals surface area contributed by atoms with E-state index in [2.05, 4.69) is 27.8 Å². The van der Waals surface area contributed by atoms with Crippen molar-refractivity contribution in [2.45, 2.75) is 45.8 Å². The Morgan fingerprint density at radius 2 is 2.03 bits per heavy atom. The van der Waals surface area contributed by atoms with E-state index in [4.69, 9.17) is 9.47 Å². The number of amides is 1. The van der Waals surface area contributed by atoms with Crippen LogP contribution in [0.15, 0.2) is 57.6 Å². The number of carbonyl (C=O) groups is 2. The molecule has 0 aromatic carbocycles. The molecule has 162 valence electrons. The van der Waals surface area contributed by atoms with Crippen molar-refractivity contribution in [2.75, 3.05) is 7.11 Å². The van der Waals surface area contributed by atoms with Crippen LogP contribution in [-0.2, 0) is 14.3 Å². The lowest BCUT2D eigenvalue weighted by atomic mass is 9.91. The first kappa shape index (κ1) is 23.7. The molecular weight excluding hydrogens is 452 g/mol. The maximum absolute atomic E-state index is 12.8. The highest BCUT2D eigenvalue weighted by Crippen LogP contribution is 2.27. The van der Waals surface area contributed by atoms with Gasteiger partial charge < -0.3 is 14.8 Å². The van der Waals surface area contributed by atoms with Gasteiger partial charge in [0.1, 0.15) is 17.4 Å². The molecule has 1 aromatic rings. The van der Waals surface area contributed by atoms with Crippen LogP contribution in [0.25, 0.3) is 0 Å². The van der Waals surface area contributed by atoms with Gasteiger partial charge in [0.25, 0.3) is 11.5 Å². The van der Waals surface area contributed by atoms with Crippen molar-refractivity contribution in [1.29, 1.82) is 0 Å². The summed E-state index contributed by atoms with van der Waals surface area (Å²) in [7, 11) is 1.47. The SMILES string of the molecule is C=CC(C(=O)NC1=CC=C(C(=O)OC(C)(C)C)C(C)C1)n1cc(OC)c(Br)cc1=O. The summed E-state index contributed by atoms with van der Waals surface area (Å²) in [6, 6.07) is 0.410. The van der Waals surface area contributed by atoms with Crippen molar-refractivity contribution < 1.29 is 19.1 Å². The Morgan fingerprint density at radius 3 is 2.57 bits per heavy atom. The summed E-state index contributed by atoms with van der Waals surface area (Å²) in [6.45, 7) is 11.0. The number of nitrogens with zero attached hydrogens (tertiary/aromatic N) is 1. The number of ether oxygens (including phenoxy) is 2. The fraction of sp³-hybridized carbons (Fsp3) is 0.409. The lowest BCUT2D eigenvalue weighted by Crippen LogP contribution is -2.36. The Morgan fingerprint density at radius 1 is 1.37 bits per heavy atom. The summed E-state index contributed by atoms with van der Waals surface area (Å²) in [6.07, 6.45) is 6.65. The van der Waals surface area contributed by atoms with Gasteiger partial charge in [-0.05, 0) is 61.2 Å². The maximum Gasteiger partial charge on any atom is 0.334 e. The van der Waals surface area contributed by atoms with Crippen LogP contribution in [0.2, 0.25) is 0 Å². The average molecular weight is 479 g/mol. The van der Waals surface area contributed by atoms with E-state index in [0.29, 0.717) is 27.9 Å². The van der Waals surface area contributed by atoms with Gasteiger partial charge in [-0.2, -0.15) is 0 Å². The number of aromatic nitrogens is 1. The van der Waals surface area contributed by atoms with Gasteiger partial charge in [-0.25, -0.2) is 4.79 Å². The molecule has 1 aliphatic rings. The number of hydrogen-bond acceptors (Lipinski definition) is 5. The number of methoxy groups -OCH3 is 1. The Kier molecular flexibility index (Phi) is 7.47. The van der Waals surface area contributed by atoms with Crippen molar-refractivity contribution in [3.05, 3.63) is 63.2 Å². The standard InChI is InChI=1S/C22H27BrN2O5/c1-7-17(25-12-18(29-6)16(23)11-19(25)26)20(27)24-14-8-9-15(13(2)10-14)21(28)30-22(3,4)5/h7-9,11-13,17H,1,10H2,2-6H3,(H,24,27). The second kappa shape index (κ2) is 9.47. The van der Waals surface area contributed by atoms with Gasteiger partial charge in [0, 0.05) is 17.3 Å². The van der Waals surface area contributed by atoms with E-state index in [1.165, 1.54) is 30.0 Å². The molecule has 1 aliphatic carbocycles. The monoisotopic (exact) mass is 478 g/mol. The van der Waals surface area contributed by atoms with Gasteiger partial charge in [0.2, 0.25) is 0 Å². The number of hydrogen-bond donors (Lipinski definition) is 1. The smallest absolute Gasteiger partial charge is 0.334 e. The molecule has 0 saturated heterocycles. The molecule has 7 nitrogen and oxygen atoms in total. The second-order valence-corrected chi connectivity index (χ2v) is 8.88. The zero-order valence-electron chi connectivity index (χ0n) is 17.8. The van der Waals surface area contributed by atoms with E-state index in [1.807, 2.05) is 27.7 Å². The van der Waals surface area contributed by atoms with Gasteiger partial charge in [0.15, 0.2) is 0 Å². The quantitative estimate of drug-likeness (QED) is 0.497. The van der Waals surface area contributed by atoms with E-state index in [-0.39, 0.29) is 17.4 Å². The van der Waals surface area contributed by atoms with E-state index in [9.17, 15) is 14.4 Å². The van der Waals surface area contributed by atoms with Crippen molar-refractivity contribution in [3.8, 4) is 5.75 Å². The van der Waals surface area contributed by atoms with Crippen LogP contribution in [0, 0.1) is 5.92 Å². The van der Waals surface area contributed by atoms with Crippen LogP contribution >= 0.6 is 15.9 Å². The number of allylic oxidation sites excluding steroid dienone is 3. The van der Waals surface area contributed by atoms with Crippen molar-refractivity contribution in [2.24, 2.45) is 5.92 Å². The van der Waals surface area contributed by atoms with Crippen LogP contribution < -0.4 is 15.6 Å². The van der Waals surface area contributed by atoms with Crippen LogP contribution in [0.5, 0.6) is 5.75 Å². The zero-order valence-corrected chi connectivity index (χ0v) is 19.4. The molecule has 1 N–H and O–H groups in total. The molecule has 8 heteroatoms. The Bertz CT molecular complexity index is 969. The molecule has 0 aliphatic heterocycles. The van der Waals surface area contributed by atoms with E-state index < -0.39 is 17.6 Å². The Hall–Kier alpha value is -2.61. The molecule has 0 saturated carbocycles. The highest BCUT2D eigenvalue weighted by molar-refractivity contribution is 9.10. The second-order valence-electron chi connectivity index (χ2n) is 8.03. The van der Waals surface area contributed by atoms with Gasteiger partial charge in [-0.3, -0.25) is 14.2 Å². The van der Waals surface area contributed by atoms with Gasteiger partial charge in [-0.1, -0.05) is 13.0 Å². The third-order valence-corrected chi connectivity index (χ3v) is 5.07. The van der Waals surface area contributed by atoms with Gasteiger partial charge in [-0.15, -0.1) is 6.58 Å². The van der Waals surface area contributed by atoms with E-state index in [0.717, 1.165) is 0 Å². The van der Waals surface area contributed by atoms with Crippen molar-refractivity contribution in [3.63, 3.8) is 0 Å². The summed E-state index contributed by atoms with van der Waals surface area (Å²) in [5, 5.41) is 2.83. The molecule has 1 amide bonds. The average Bonchev–Trinajstić information content (AvgIpc) is 2.62. The molecule has 0 spiro atoms. The summed E-state index contributed by atoms with van der Waals surface area (Å²) >= 11 is 3.25. The summed E-state index contributed by atoms with van der Waals surface area (Å²) < 4.78 is 12.4. The summed E-state index contributed by atoms with van der Waals surface area (Å²) in [5.74, 6) is -0.485. The molecular formula is C22H27BrN2O5. The summed E-state index contributed by atoms with van der Waals surface area (Å²) in [5.41, 5.74) is 0.244. The first-order valence-electron chi connectivity index (χ1n) is 9.50. The maximum atomic E-state index is 12.8. The fourth-order valence-electron chi connectivity index (χ4n) is 3.01. The minimum absolute atomic E-state index is 0.127. The number of rotatable bonds is 6. The van der Waals surface area contributed by atoms with Gasteiger partial charge >= 0.3 is 5.97 Å². The minimum atomic E-state index is -0.924. The number of halogens is 1. The number of esters is 1. The number of nitrogens with one attached hydrogen (secondary N) is 1. The topological polar surface area (TPSA) is 86.6 Å². The number of pyridine rings is 1. The third-order valence-electron chi connectivity index (χ3n) is 4.45. The van der Waals surface area contributed by atoms with Crippen LogP contribution in [0.4, 0.5) is 0 Å². The van der Waals surface area contributed by atoms with Crippen LogP contribution in [0.3, 0.4) is 0 Å². The van der Waals surface area contributed by atoms with Crippen LogP contribution in [-0.4, -0.2) is 29.2 Å². The molecule has 2 unspecified atom stereocenters. The van der Waals surface area contributed by atoms with Crippen molar-refractivity contribution >= 4 is 27.8 Å². The number of carbonyl (C=O) groups excluding carboxylic acids is 2. The zero-order chi connectivity index (χ0) is 22.6. The van der Waals surface area contributed by atoms with E-state index >= 15 is 0 Å². The minimum Gasteiger partial charge on any atom is -0.494 e. The molecule has 0 radical (unpaired) electrons. The predicted octanol–water partition coefficient (Wildman–Crippen LogP) is 3.65. The normalized spacial score (nSPS) is 17.3. The van der Waals surface area contributed by atoms with Crippen molar-refractivity contribution in [1.82, 2.24) is 9.88 Å². The lowest BCUT2D eigenvalue weighted by molar-refractivity contribution is -0.150. The third kappa shape index (κ3) is 5.72. The molecule has 2 rings (SSSR count). The molecule has 2 atom stereocenters. The molecule has 1 heterocycles. The van der Waals surface area contributed by atoms with Gasteiger partial charge in [0.05, 0.1) is 17.8 Å². The first-order valence-corrected chi connectivity index (χ1v) is 10.3.